The summed E-state index contributed by atoms with van der Waals surface area (Å²) in [5.41, 5.74) is 5.47. The molecule has 4 rings (SSSR count). The quantitative estimate of drug-likeness (QED) is 0.0684. The Balaban J connectivity index is 1.18. The molecule has 48 heavy (non-hydrogen) atoms. The number of benzene rings is 4. The third kappa shape index (κ3) is 10.2. The average molecular weight is 653 g/mol. The summed E-state index contributed by atoms with van der Waals surface area (Å²) < 4.78 is 10.6. The van der Waals surface area contributed by atoms with Crippen molar-refractivity contribution in [3.8, 4) is 11.5 Å². The van der Waals surface area contributed by atoms with Gasteiger partial charge in [-0.1, -0.05) is 24.3 Å². The molecule has 16 nitrogen and oxygen atoms in total. The van der Waals surface area contributed by atoms with Gasteiger partial charge in [0.1, 0.15) is 11.5 Å². The summed E-state index contributed by atoms with van der Waals surface area (Å²) in [5, 5.41) is 29.2. The van der Waals surface area contributed by atoms with Gasteiger partial charge in [-0.05, 0) is 59.7 Å². The number of ether oxygens (including phenoxy) is 2. The van der Waals surface area contributed by atoms with Crippen molar-refractivity contribution < 1.29 is 38.5 Å². The minimum Gasteiger partial charge on any atom is -0.423 e. The Bertz CT molecular complexity index is 1770. The number of non-ortho nitro benzene ring substituents is 2. The second-order valence-electron chi connectivity index (χ2n) is 9.62. The number of nitrogens with zero attached hydrogens (tertiary/aromatic N) is 4. The number of nitro benzene ring substituents is 2. The Labute approximate surface area is 271 Å². The monoisotopic (exact) mass is 652 g/mol. The zero-order valence-electron chi connectivity index (χ0n) is 24.7. The number of esters is 2. The lowest BCUT2D eigenvalue weighted by Gasteiger charge is -2.05. The van der Waals surface area contributed by atoms with E-state index in [0.29, 0.717) is 11.1 Å². The first-order valence-corrected chi connectivity index (χ1v) is 13.8. The molecule has 0 fully saturated rings. The highest BCUT2D eigenvalue weighted by atomic mass is 16.6. The van der Waals surface area contributed by atoms with E-state index in [0.717, 1.165) is 0 Å². The molecular formula is C32H24N6O10. The molecule has 0 aliphatic heterocycles. The molecule has 0 aliphatic rings. The number of nitro groups is 2. The third-order valence-electron chi connectivity index (χ3n) is 6.15. The molecule has 16 heteroatoms. The van der Waals surface area contributed by atoms with Gasteiger partial charge in [0, 0.05) is 37.1 Å². The topological polar surface area (TPSA) is 222 Å². The van der Waals surface area contributed by atoms with E-state index in [1.165, 1.54) is 85.2 Å². The van der Waals surface area contributed by atoms with Crippen LogP contribution < -0.4 is 20.3 Å². The van der Waals surface area contributed by atoms with Crippen molar-refractivity contribution in [2.45, 2.75) is 12.8 Å². The van der Waals surface area contributed by atoms with Gasteiger partial charge in [0.2, 0.25) is 11.8 Å². The van der Waals surface area contributed by atoms with E-state index in [2.05, 4.69) is 21.1 Å². The van der Waals surface area contributed by atoms with Crippen molar-refractivity contribution in [3.05, 3.63) is 140 Å². The van der Waals surface area contributed by atoms with Crippen LogP contribution in [-0.2, 0) is 9.59 Å². The molecule has 0 heterocycles. The third-order valence-corrected chi connectivity index (χ3v) is 6.15. The van der Waals surface area contributed by atoms with Gasteiger partial charge in [-0.15, -0.1) is 0 Å². The summed E-state index contributed by atoms with van der Waals surface area (Å²) in [5.74, 6) is -2.17. The predicted octanol–water partition coefficient (Wildman–Crippen LogP) is 4.32. The van der Waals surface area contributed by atoms with Crippen LogP contribution in [0, 0.1) is 20.2 Å². The molecule has 0 spiro atoms. The molecule has 0 saturated heterocycles. The van der Waals surface area contributed by atoms with Gasteiger partial charge in [-0.2, -0.15) is 10.2 Å². The number of nitrogens with one attached hydrogen (secondary N) is 2. The van der Waals surface area contributed by atoms with Crippen molar-refractivity contribution in [1.29, 1.82) is 0 Å². The minimum atomic E-state index is -0.717. The van der Waals surface area contributed by atoms with Gasteiger partial charge in [-0.3, -0.25) is 29.8 Å². The number of carbonyl (C=O) groups excluding carboxylic acids is 4. The van der Waals surface area contributed by atoms with Crippen LogP contribution in [0.25, 0.3) is 0 Å². The summed E-state index contributed by atoms with van der Waals surface area (Å²) in [6.45, 7) is 0. The predicted molar refractivity (Wildman–Crippen MR) is 170 cm³/mol. The Morgan fingerprint density at radius 3 is 1.33 bits per heavy atom. The number of hydrogen-bond acceptors (Lipinski definition) is 12. The van der Waals surface area contributed by atoms with E-state index in [1.807, 2.05) is 0 Å². The standard InChI is InChI=1S/C32H24N6O10/c39-29(35-33-19-21-3-1-5-27(17-21)47-31(41)23-7-11-25(12-8-23)37(43)44)15-16-30(40)36-34-20-22-4-2-6-28(18-22)48-32(42)24-9-13-26(14-10-24)38(45)46/h1-14,17-20H,15-16H2,(H,35,39)(H,36,40). The van der Waals surface area contributed by atoms with E-state index in [1.54, 1.807) is 24.3 Å². The van der Waals surface area contributed by atoms with E-state index < -0.39 is 33.6 Å². The number of amides is 2. The first-order valence-electron chi connectivity index (χ1n) is 13.8. The lowest BCUT2D eigenvalue weighted by Crippen LogP contribution is -2.22. The van der Waals surface area contributed by atoms with Crippen molar-refractivity contribution in [3.63, 3.8) is 0 Å². The second kappa shape index (κ2) is 16.3. The van der Waals surface area contributed by atoms with Crippen LogP contribution in [0.1, 0.15) is 44.7 Å². The van der Waals surface area contributed by atoms with Gasteiger partial charge in [-0.25, -0.2) is 20.4 Å². The lowest BCUT2D eigenvalue weighted by atomic mass is 10.2. The van der Waals surface area contributed by atoms with Gasteiger partial charge >= 0.3 is 11.9 Å². The van der Waals surface area contributed by atoms with Gasteiger partial charge in [0.15, 0.2) is 0 Å². The summed E-state index contributed by atoms with van der Waals surface area (Å²) in [6.07, 6.45) is 2.23. The van der Waals surface area contributed by atoms with E-state index >= 15 is 0 Å². The lowest BCUT2D eigenvalue weighted by molar-refractivity contribution is -0.385. The zero-order valence-corrected chi connectivity index (χ0v) is 24.7. The fraction of sp³-hybridized carbons (Fsp3) is 0.0625. The summed E-state index contributed by atoms with van der Waals surface area (Å²) in [6, 6.07) is 22.4. The second-order valence-corrected chi connectivity index (χ2v) is 9.62. The van der Waals surface area contributed by atoms with Gasteiger partial charge < -0.3 is 9.47 Å². The molecule has 0 atom stereocenters. The largest absolute Gasteiger partial charge is 0.423 e. The van der Waals surface area contributed by atoms with Crippen molar-refractivity contribution in [2.24, 2.45) is 10.2 Å². The summed E-state index contributed by atoms with van der Waals surface area (Å²) in [7, 11) is 0. The van der Waals surface area contributed by atoms with E-state index in [4.69, 9.17) is 9.47 Å². The molecule has 0 aromatic heterocycles. The van der Waals surface area contributed by atoms with E-state index in [-0.39, 0.29) is 46.8 Å². The molecule has 2 amide bonds. The Kier molecular flexibility index (Phi) is 11.5. The normalized spacial score (nSPS) is 10.8. The van der Waals surface area contributed by atoms with Crippen LogP contribution in [0.2, 0.25) is 0 Å². The average Bonchev–Trinajstić information content (AvgIpc) is 3.07. The number of hydrogen-bond donors (Lipinski definition) is 2. The van der Waals surface area contributed by atoms with Crippen molar-refractivity contribution in [2.75, 3.05) is 0 Å². The van der Waals surface area contributed by atoms with Crippen LogP contribution in [-0.4, -0.2) is 46.0 Å². The van der Waals surface area contributed by atoms with Gasteiger partial charge in [0.05, 0.1) is 33.4 Å². The van der Waals surface area contributed by atoms with Crippen molar-refractivity contribution in [1.82, 2.24) is 10.9 Å². The first kappa shape index (κ1) is 33.8. The maximum absolute atomic E-state index is 12.3. The Morgan fingerprint density at radius 2 is 0.979 bits per heavy atom. The van der Waals surface area contributed by atoms with Crippen LogP contribution >= 0.6 is 0 Å². The SMILES string of the molecule is O=C(CCC(=O)NN=Cc1cccc(OC(=O)c2ccc([N+](=O)[O-])cc2)c1)NN=Cc1cccc(OC(=O)c2ccc([N+](=O)[O-])cc2)c1. The maximum atomic E-state index is 12.3. The minimum absolute atomic E-state index is 0.122. The maximum Gasteiger partial charge on any atom is 0.343 e. The molecule has 242 valence electrons. The highest BCUT2D eigenvalue weighted by molar-refractivity contribution is 5.92. The van der Waals surface area contributed by atoms with Crippen LogP contribution in [0.15, 0.2) is 107 Å². The van der Waals surface area contributed by atoms with Gasteiger partial charge in [0.25, 0.3) is 11.4 Å². The smallest absolute Gasteiger partial charge is 0.343 e. The summed E-state index contributed by atoms with van der Waals surface area (Å²) >= 11 is 0. The molecular weight excluding hydrogens is 628 g/mol. The Hall–Kier alpha value is -7.10. The van der Waals surface area contributed by atoms with Crippen LogP contribution in [0.3, 0.4) is 0 Å². The fourth-order valence-electron chi connectivity index (χ4n) is 3.78. The number of hydrazone groups is 2. The fourth-order valence-corrected chi connectivity index (χ4v) is 3.78. The molecule has 0 unspecified atom stereocenters. The van der Waals surface area contributed by atoms with Crippen LogP contribution in [0.5, 0.6) is 11.5 Å². The zero-order chi connectivity index (χ0) is 34.5. The highest BCUT2D eigenvalue weighted by Gasteiger charge is 2.13. The van der Waals surface area contributed by atoms with E-state index in [9.17, 15) is 39.4 Å². The highest BCUT2D eigenvalue weighted by Crippen LogP contribution is 2.18. The summed E-state index contributed by atoms with van der Waals surface area (Å²) in [4.78, 5) is 69.3. The first-order chi connectivity index (χ1) is 23.1. The molecule has 4 aromatic carbocycles. The Morgan fingerprint density at radius 1 is 0.604 bits per heavy atom. The molecule has 2 N–H and O–H groups in total. The van der Waals surface area contributed by atoms with Crippen molar-refractivity contribution >= 4 is 47.6 Å². The molecule has 4 aromatic rings. The molecule has 0 aliphatic carbocycles. The van der Waals surface area contributed by atoms with Crippen LogP contribution in [0.4, 0.5) is 11.4 Å². The molecule has 0 radical (unpaired) electrons. The molecule has 0 saturated carbocycles. The molecule has 0 bridgehead atoms. The number of carbonyl (C=O) groups is 4. The number of rotatable bonds is 13.